The Morgan fingerprint density at radius 3 is 2.21 bits per heavy atom. The minimum absolute atomic E-state index is 0.0847. The summed E-state index contributed by atoms with van der Waals surface area (Å²) in [7, 11) is 0. The Hall–Kier alpha value is -2.33. The van der Waals surface area contributed by atoms with Crippen LogP contribution in [0, 0.1) is 5.92 Å². The fraction of sp³-hybridized carbons (Fsp3) is 0.350. The normalized spacial score (nSPS) is 13.4. The highest BCUT2D eigenvalue weighted by Crippen LogP contribution is 2.28. The van der Waals surface area contributed by atoms with Crippen LogP contribution in [0.3, 0.4) is 0 Å². The first-order chi connectivity index (χ1) is 11.4. The number of benzene rings is 2. The third-order valence-electron chi connectivity index (χ3n) is 3.52. The number of rotatable bonds is 7. The number of ether oxygens (including phenoxy) is 2. The van der Waals surface area contributed by atoms with Crippen molar-refractivity contribution in [3.05, 3.63) is 60.2 Å². The average Bonchev–Trinajstić information content (AvgIpc) is 2.54. The van der Waals surface area contributed by atoms with E-state index in [4.69, 9.17) is 9.47 Å². The van der Waals surface area contributed by atoms with E-state index in [-0.39, 0.29) is 12.3 Å². The molecule has 1 N–H and O–H groups in total. The van der Waals surface area contributed by atoms with E-state index in [1.807, 2.05) is 44.2 Å². The zero-order valence-corrected chi connectivity index (χ0v) is 14.4. The lowest BCUT2D eigenvalue weighted by Gasteiger charge is -2.23. The fourth-order valence-corrected chi connectivity index (χ4v) is 2.20. The molecule has 4 nitrogen and oxygen atoms in total. The van der Waals surface area contributed by atoms with Crippen LogP contribution in [0.4, 0.5) is 0 Å². The van der Waals surface area contributed by atoms with Crippen molar-refractivity contribution in [3.63, 3.8) is 0 Å². The molecule has 128 valence electrons. The zero-order chi connectivity index (χ0) is 17.6. The summed E-state index contributed by atoms with van der Waals surface area (Å²) in [5.74, 6) is 1.28. The lowest BCUT2D eigenvalue weighted by atomic mass is 9.92. The third kappa shape index (κ3) is 5.39. The minimum atomic E-state index is -1.28. The summed E-state index contributed by atoms with van der Waals surface area (Å²) in [6, 6.07) is 16.5. The van der Waals surface area contributed by atoms with Crippen molar-refractivity contribution < 1.29 is 19.4 Å². The summed E-state index contributed by atoms with van der Waals surface area (Å²) in [6.45, 7) is 5.91. The second-order valence-corrected chi connectivity index (χ2v) is 6.47. The lowest BCUT2D eigenvalue weighted by Crippen LogP contribution is -2.26. The minimum Gasteiger partial charge on any atom is -0.465 e. The predicted octanol–water partition coefficient (Wildman–Crippen LogP) is 4.28. The molecule has 2 aromatic carbocycles. The van der Waals surface area contributed by atoms with Gasteiger partial charge < -0.3 is 14.6 Å². The van der Waals surface area contributed by atoms with E-state index in [1.165, 1.54) is 0 Å². The number of hydrogen-bond donors (Lipinski definition) is 1. The Labute approximate surface area is 143 Å². The van der Waals surface area contributed by atoms with E-state index in [0.29, 0.717) is 17.9 Å². The van der Waals surface area contributed by atoms with E-state index in [2.05, 4.69) is 0 Å². The van der Waals surface area contributed by atoms with E-state index in [1.54, 1.807) is 31.2 Å². The van der Waals surface area contributed by atoms with Gasteiger partial charge in [-0.05, 0) is 42.7 Å². The molecule has 0 aliphatic carbocycles. The van der Waals surface area contributed by atoms with E-state index in [9.17, 15) is 9.90 Å². The van der Waals surface area contributed by atoms with Crippen molar-refractivity contribution in [2.75, 3.05) is 6.61 Å². The quantitative estimate of drug-likeness (QED) is 0.771. The molecule has 0 saturated carbocycles. The van der Waals surface area contributed by atoms with Gasteiger partial charge in [-0.25, -0.2) is 0 Å². The maximum absolute atomic E-state index is 11.8. The Morgan fingerprint density at radius 1 is 1.04 bits per heavy atom. The number of hydrogen-bond acceptors (Lipinski definition) is 4. The summed E-state index contributed by atoms with van der Waals surface area (Å²) in [4.78, 5) is 11.8. The van der Waals surface area contributed by atoms with Crippen molar-refractivity contribution in [1.82, 2.24) is 0 Å². The molecule has 0 spiro atoms. The molecule has 2 aromatic rings. The highest BCUT2D eigenvalue weighted by molar-refractivity contribution is 5.71. The van der Waals surface area contributed by atoms with Gasteiger partial charge in [-0.3, -0.25) is 4.79 Å². The molecule has 0 bridgehead atoms. The van der Waals surface area contributed by atoms with Crippen LogP contribution in [0.2, 0.25) is 0 Å². The summed E-state index contributed by atoms with van der Waals surface area (Å²) >= 11 is 0. The van der Waals surface area contributed by atoms with Crippen molar-refractivity contribution in [2.45, 2.75) is 32.8 Å². The molecule has 0 aliphatic rings. The van der Waals surface area contributed by atoms with Crippen molar-refractivity contribution in [3.8, 4) is 11.5 Å². The SMILES string of the molecule is CC(C)COC(=O)CC(C)(O)c1ccc(Oc2ccccc2)cc1. The molecule has 24 heavy (non-hydrogen) atoms. The summed E-state index contributed by atoms with van der Waals surface area (Å²) in [5.41, 5.74) is -0.635. The Balaban J connectivity index is 1.99. The molecule has 1 atom stereocenters. The van der Waals surface area contributed by atoms with Crippen LogP contribution in [-0.4, -0.2) is 17.7 Å². The molecule has 1 unspecified atom stereocenters. The molecule has 0 amide bonds. The van der Waals surface area contributed by atoms with Gasteiger partial charge in [0.05, 0.1) is 18.6 Å². The van der Waals surface area contributed by atoms with Gasteiger partial charge in [0, 0.05) is 0 Å². The third-order valence-corrected chi connectivity index (χ3v) is 3.52. The standard InChI is InChI=1S/C20H24O4/c1-15(2)14-23-19(21)13-20(3,22)16-9-11-18(12-10-16)24-17-7-5-4-6-8-17/h4-12,15,22H,13-14H2,1-3H3. The summed E-state index contributed by atoms with van der Waals surface area (Å²) < 4.78 is 10.9. The number of para-hydroxylation sites is 1. The van der Waals surface area contributed by atoms with Crippen molar-refractivity contribution >= 4 is 5.97 Å². The molecular weight excluding hydrogens is 304 g/mol. The largest absolute Gasteiger partial charge is 0.465 e. The predicted molar refractivity (Wildman–Crippen MR) is 92.9 cm³/mol. The van der Waals surface area contributed by atoms with Crippen LogP contribution in [0.5, 0.6) is 11.5 Å². The number of aliphatic hydroxyl groups is 1. The molecule has 0 heterocycles. The van der Waals surface area contributed by atoms with E-state index < -0.39 is 11.6 Å². The first kappa shape index (κ1) is 18.0. The maximum atomic E-state index is 11.8. The highest BCUT2D eigenvalue weighted by atomic mass is 16.5. The van der Waals surface area contributed by atoms with Crippen LogP contribution in [0.15, 0.2) is 54.6 Å². The van der Waals surface area contributed by atoms with Gasteiger partial charge in [-0.1, -0.05) is 44.2 Å². The number of carbonyl (C=O) groups is 1. The second kappa shape index (κ2) is 7.97. The van der Waals surface area contributed by atoms with Gasteiger partial charge >= 0.3 is 5.97 Å². The number of esters is 1. The Morgan fingerprint density at radius 2 is 1.62 bits per heavy atom. The van der Waals surface area contributed by atoms with Crippen LogP contribution < -0.4 is 4.74 Å². The molecule has 2 rings (SSSR count). The first-order valence-corrected chi connectivity index (χ1v) is 8.08. The van der Waals surface area contributed by atoms with Gasteiger partial charge in [-0.2, -0.15) is 0 Å². The summed E-state index contributed by atoms with van der Waals surface area (Å²) in [5, 5.41) is 10.6. The average molecular weight is 328 g/mol. The highest BCUT2D eigenvalue weighted by Gasteiger charge is 2.27. The molecule has 4 heteroatoms. The maximum Gasteiger partial charge on any atom is 0.309 e. The van der Waals surface area contributed by atoms with Crippen LogP contribution in [0.1, 0.15) is 32.8 Å². The Bertz CT molecular complexity index is 645. The van der Waals surface area contributed by atoms with Gasteiger partial charge in [0.15, 0.2) is 0 Å². The van der Waals surface area contributed by atoms with Crippen LogP contribution in [-0.2, 0) is 15.1 Å². The fourth-order valence-electron chi connectivity index (χ4n) is 2.20. The molecule has 0 fully saturated rings. The second-order valence-electron chi connectivity index (χ2n) is 6.47. The van der Waals surface area contributed by atoms with Gasteiger partial charge in [0.2, 0.25) is 0 Å². The lowest BCUT2D eigenvalue weighted by molar-refractivity contribution is -0.150. The Kier molecular flexibility index (Phi) is 5.99. The molecule has 0 aliphatic heterocycles. The molecular formula is C20H24O4. The monoisotopic (exact) mass is 328 g/mol. The molecule has 0 saturated heterocycles. The topological polar surface area (TPSA) is 55.8 Å². The van der Waals surface area contributed by atoms with Gasteiger partial charge in [-0.15, -0.1) is 0 Å². The van der Waals surface area contributed by atoms with Crippen LogP contribution >= 0.6 is 0 Å². The van der Waals surface area contributed by atoms with Gasteiger partial charge in [0.25, 0.3) is 0 Å². The van der Waals surface area contributed by atoms with Crippen molar-refractivity contribution in [1.29, 1.82) is 0 Å². The smallest absolute Gasteiger partial charge is 0.309 e. The van der Waals surface area contributed by atoms with E-state index in [0.717, 1.165) is 5.75 Å². The molecule has 0 aromatic heterocycles. The zero-order valence-electron chi connectivity index (χ0n) is 14.4. The molecule has 0 radical (unpaired) electrons. The van der Waals surface area contributed by atoms with Crippen LogP contribution in [0.25, 0.3) is 0 Å². The van der Waals surface area contributed by atoms with Gasteiger partial charge in [0.1, 0.15) is 11.5 Å². The first-order valence-electron chi connectivity index (χ1n) is 8.08. The number of carbonyl (C=O) groups excluding carboxylic acids is 1. The summed E-state index contributed by atoms with van der Waals surface area (Å²) in [6.07, 6.45) is -0.0847. The van der Waals surface area contributed by atoms with E-state index >= 15 is 0 Å². The van der Waals surface area contributed by atoms with Crippen molar-refractivity contribution in [2.24, 2.45) is 5.92 Å².